The van der Waals surface area contributed by atoms with Crippen LogP contribution in [0.25, 0.3) is 11.0 Å². The van der Waals surface area contributed by atoms with Gasteiger partial charge in [0.1, 0.15) is 0 Å². The molecule has 1 fully saturated rings. The number of hydrogen-bond donors (Lipinski definition) is 0. The van der Waals surface area contributed by atoms with E-state index < -0.39 is 18.3 Å². The van der Waals surface area contributed by atoms with E-state index in [-0.39, 0.29) is 0 Å². The van der Waals surface area contributed by atoms with Crippen LogP contribution in [0, 0.1) is 0 Å². The van der Waals surface area contributed by atoms with Crippen LogP contribution in [0.1, 0.15) is 44.4 Å². The first kappa shape index (κ1) is 20.6. The zero-order chi connectivity index (χ0) is 21.2. The molecule has 0 saturated carbocycles. The van der Waals surface area contributed by atoms with E-state index in [1.807, 2.05) is 6.07 Å². The van der Waals surface area contributed by atoms with E-state index in [4.69, 9.17) is 9.31 Å². The van der Waals surface area contributed by atoms with E-state index in [1.165, 1.54) is 16.7 Å². The van der Waals surface area contributed by atoms with Gasteiger partial charge in [0.05, 0.1) is 11.2 Å². The highest BCUT2D eigenvalue weighted by Crippen LogP contribution is 2.43. The Kier molecular flexibility index (Phi) is 5.68. The fourth-order valence-corrected chi connectivity index (χ4v) is 3.82. The second-order valence-electron chi connectivity index (χ2n) is 8.87. The van der Waals surface area contributed by atoms with Crippen LogP contribution in [0.4, 0.5) is 0 Å². The smallest absolute Gasteiger partial charge is 0.399 e. The summed E-state index contributed by atoms with van der Waals surface area (Å²) in [5, 5.41) is 0. The molecule has 0 amide bonds. The van der Waals surface area contributed by atoms with Crippen LogP contribution in [-0.4, -0.2) is 18.3 Å². The highest BCUT2D eigenvalue weighted by Gasteiger charge is 2.53. The molecule has 0 aromatic heterocycles. The van der Waals surface area contributed by atoms with Crippen molar-refractivity contribution in [2.24, 2.45) is 0 Å². The molecule has 1 saturated heterocycles. The van der Waals surface area contributed by atoms with Crippen molar-refractivity contribution >= 4 is 18.2 Å². The molecule has 0 N–H and O–H groups in total. The van der Waals surface area contributed by atoms with Crippen molar-refractivity contribution in [3.63, 3.8) is 0 Å². The van der Waals surface area contributed by atoms with Gasteiger partial charge in [-0.2, -0.15) is 0 Å². The summed E-state index contributed by atoms with van der Waals surface area (Å²) in [6, 6.07) is 31.7. The molecule has 3 aromatic rings. The van der Waals surface area contributed by atoms with E-state index in [1.54, 1.807) is 0 Å². The molecule has 4 rings (SSSR count). The lowest BCUT2D eigenvalue weighted by atomic mass is 9.69. The van der Waals surface area contributed by atoms with Gasteiger partial charge in [-0.15, -0.1) is 0 Å². The monoisotopic (exact) mass is 396 g/mol. The molecule has 2 nitrogen and oxygen atoms in total. The zero-order valence-corrected chi connectivity index (χ0v) is 18.3. The first-order valence-electron chi connectivity index (χ1n) is 10.6. The second kappa shape index (κ2) is 8.25. The summed E-state index contributed by atoms with van der Waals surface area (Å²) < 4.78 is 13.1. The zero-order valence-electron chi connectivity index (χ0n) is 18.3. The predicted octanol–water partition coefficient (Wildman–Crippen LogP) is 6.47. The third-order valence-corrected chi connectivity index (χ3v) is 6.24. The molecule has 152 valence electrons. The molecule has 0 atom stereocenters. The van der Waals surface area contributed by atoms with Crippen molar-refractivity contribution in [3.8, 4) is 0 Å². The minimum Gasteiger partial charge on any atom is -0.399 e. The van der Waals surface area contributed by atoms with Crippen LogP contribution in [0.15, 0.2) is 91.0 Å². The van der Waals surface area contributed by atoms with Gasteiger partial charge in [-0.3, -0.25) is 0 Å². The number of allylic oxidation sites excluding steroid dienone is 1. The fourth-order valence-electron chi connectivity index (χ4n) is 3.82. The van der Waals surface area contributed by atoms with Gasteiger partial charge in [0.2, 0.25) is 0 Å². The SMILES string of the molecule is CC1(C)OB(/C(=C(\Cc2ccccc2)c2ccccc2)c2ccccc2)OC1(C)C. The first-order chi connectivity index (χ1) is 14.4. The number of hydrogen-bond acceptors (Lipinski definition) is 2. The Bertz CT molecular complexity index is 993. The average molecular weight is 396 g/mol. The third-order valence-electron chi connectivity index (χ3n) is 6.24. The minimum absolute atomic E-state index is 0.397. The molecule has 30 heavy (non-hydrogen) atoms. The van der Waals surface area contributed by atoms with Crippen LogP contribution in [0.3, 0.4) is 0 Å². The topological polar surface area (TPSA) is 18.5 Å². The number of rotatable bonds is 5. The summed E-state index contributed by atoms with van der Waals surface area (Å²) in [7, 11) is -0.434. The van der Waals surface area contributed by atoms with Gasteiger partial charge < -0.3 is 9.31 Å². The lowest BCUT2D eigenvalue weighted by Crippen LogP contribution is -2.41. The summed E-state index contributed by atoms with van der Waals surface area (Å²) >= 11 is 0. The Labute approximate surface area is 180 Å². The summed E-state index contributed by atoms with van der Waals surface area (Å²) in [4.78, 5) is 0. The van der Waals surface area contributed by atoms with Crippen molar-refractivity contribution < 1.29 is 9.31 Å². The highest BCUT2D eigenvalue weighted by atomic mass is 16.7. The Morgan fingerprint density at radius 3 is 1.57 bits per heavy atom. The van der Waals surface area contributed by atoms with Crippen LogP contribution in [-0.2, 0) is 15.7 Å². The molecule has 0 bridgehead atoms. The van der Waals surface area contributed by atoms with Gasteiger partial charge in [-0.05, 0) is 61.9 Å². The van der Waals surface area contributed by atoms with Crippen molar-refractivity contribution in [2.75, 3.05) is 0 Å². The maximum Gasteiger partial charge on any atom is 0.495 e. The summed E-state index contributed by atoms with van der Waals surface area (Å²) in [5.41, 5.74) is 5.12. The largest absolute Gasteiger partial charge is 0.495 e. The van der Waals surface area contributed by atoms with Crippen molar-refractivity contribution in [1.82, 2.24) is 0 Å². The summed E-state index contributed by atoms with van der Waals surface area (Å²) in [6.45, 7) is 8.42. The van der Waals surface area contributed by atoms with Crippen LogP contribution in [0.2, 0.25) is 0 Å². The van der Waals surface area contributed by atoms with E-state index >= 15 is 0 Å². The molecule has 3 aromatic carbocycles. The molecule has 3 heteroatoms. The van der Waals surface area contributed by atoms with Crippen molar-refractivity contribution in [1.29, 1.82) is 0 Å². The Hall–Kier alpha value is -2.62. The minimum atomic E-state index is -0.434. The lowest BCUT2D eigenvalue weighted by molar-refractivity contribution is 0.00578. The van der Waals surface area contributed by atoms with Gasteiger partial charge in [-0.25, -0.2) is 0 Å². The lowest BCUT2D eigenvalue weighted by Gasteiger charge is -2.32. The van der Waals surface area contributed by atoms with Crippen LogP contribution >= 0.6 is 0 Å². The first-order valence-corrected chi connectivity index (χ1v) is 10.6. The Morgan fingerprint density at radius 1 is 0.633 bits per heavy atom. The van der Waals surface area contributed by atoms with Gasteiger partial charge >= 0.3 is 7.12 Å². The van der Waals surface area contributed by atoms with E-state index in [0.29, 0.717) is 0 Å². The average Bonchev–Trinajstić information content (AvgIpc) is 2.96. The highest BCUT2D eigenvalue weighted by molar-refractivity contribution is 6.71. The molecule has 1 heterocycles. The molecule has 0 unspecified atom stereocenters. The molecule has 0 aliphatic carbocycles. The van der Waals surface area contributed by atoms with E-state index in [2.05, 4.69) is 113 Å². The standard InChI is InChI=1S/C27H29BO2/c1-26(2)27(3,4)30-28(29-26)25(23-18-12-7-13-19-23)24(22-16-10-6-11-17-22)20-21-14-8-5-9-15-21/h5-19H,20H2,1-4H3/b25-24+. The van der Waals surface area contributed by atoms with E-state index in [9.17, 15) is 0 Å². The third kappa shape index (κ3) is 4.14. The maximum atomic E-state index is 6.54. The summed E-state index contributed by atoms with van der Waals surface area (Å²) in [6.07, 6.45) is 0.805. The molecule has 1 aliphatic rings. The Morgan fingerprint density at radius 2 is 1.07 bits per heavy atom. The Balaban J connectivity index is 1.92. The van der Waals surface area contributed by atoms with Crippen LogP contribution in [0.5, 0.6) is 0 Å². The molecular formula is C27H29BO2. The molecule has 0 spiro atoms. The van der Waals surface area contributed by atoms with Gasteiger partial charge in [-0.1, -0.05) is 91.0 Å². The molecular weight excluding hydrogens is 367 g/mol. The predicted molar refractivity (Wildman–Crippen MR) is 126 cm³/mol. The van der Waals surface area contributed by atoms with Gasteiger partial charge in [0.25, 0.3) is 0 Å². The van der Waals surface area contributed by atoms with Gasteiger partial charge in [0.15, 0.2) is 0 Å². The molecule has 1 aliphatic heterocycles. The van der Waals surface area contributed by atoms with Crippen molar-refractivity contribution in [2.45, 2.75) is 45.3 Å². The maximum absolute atomic E-state index is 6.54. The van der Waals surface area contributed by atoms with E-state index in [0.717, 1.165) is 17.5 Å². The molecule has 0 radical (unpaired) electrons. The second-order valence-corrected chi connectivity index (χ2v) is 8.87. The fraction of sp³-hybridized carbons (Fsp3) is 0.259. The van der Waals surface area contributed by atoms with Gasteiger partial charge in [0, 0.05) is 0 Å². The van der Waals surface area contributed by atoms with Crippen LogP contribution < -0.4 is 0 Å². The summed E-state index contributed by atoms with van der Waals surface area (Å²) in [5.74, 6) is 0. The number of benzene rings is 3. The quantitative estimate of drug-likeness (QED) is 0.363. The normalized spacial score (nSPS) is 18.2. The van der Waals surface area contributed by atoms with Crippen molar-refractivity contribution in [3.05, 3.63) is 108 Å².